The van der Waals surface area contributed by atoms with Crippen molar-refractivity contribution in [1.29, 1.82) is 0 Å². The van der Waals surface area contributed by atoms with E-state index in [-0.39, 0.29) is 23.9 Å². The van der Waals surface area contributed by atoms with Crippen LogP contribution in [0, 0.1) is 28.6 Å². The van der Waals surface area contributed by atoms with Gasteiger partial charge in [0.15, 0.2) is 5.78 Å². The number of ketones is 1. The highest BCUT2D eigenvalue weighted by Crippen LogP contribution is 2.75. The molecule has 2 saturated carbocycles. The molecule has 8 heteroatoms. The number of hydrogen-bond acceptors (Lipinski definition) is 8. The number of aliphatic hydroxyl groups excluding tert-OH is 2. The number of carbonyl (C=O) groups excluding carboxylic acids is 3. The molecule has 8 nitrogen and oxygen atoms in total. The van der Waals surface area contributed by atoms with E-state index in [2.05, 4.69) is 6.92 Å². The standard InChI is InChI=1S/C35H52O8/c1-8-10-11-12-13-14-15-16-26(36)43-34-19-23(5)33-18-22(4)28(37)35(33,41)29(38)24(20-42-31(40)21(3)9-2)17-25(30(33)39)27(34)32(34,6)7/h9,17-18,23,25,27-29,37-38,41H,8,10-16,19-20H2,1-7H3/b21-9+/t23?,25-,27+,28-,29+,33?,34-,35+/m0/s1. The van der Waals surface area contributed by atoms with Crippen LogP contribution >= 0.6 is 0 Å². The van der Waals surface area contributed by atoms with Gasteiger partial charge in [0.1, 0.15) is 30.0 Å². The summed E-state index contributed by atoms with van der Waals surface area (Å²) < 4.78 is 11.8. The van der Waals surface area contributed by atoms with Crippen LogP contribution in [0.1, 0.15) is 106 Å². The van der Waals surface area contributed by atoms with Gasteiger partial charge in [0, 0.05) is 29.2 Å². The van der Waals surface area contributed by atoms with E-state index < -0.39 is 58.0 Å². The minimum Gasteiger partial charge on any atom is -0.458 e. The van der Waals surface area contributed by atoms with E-state index in [0.29, 0.717) is 24.0 Å². The number of carbonyl (C=O) groups is 3. The first kappa shape index (κ1) is 33.6. The summed E-state index contributed by atoms with van der Waals surface area (Å²) in [4.78, 5) is 40.5. The molecular weight excluding hydrogens is 548 g/mol. The molecule has 1 spiro atoms. The molecule has 4 aliphatic carbocycles. The molecule has 240 valence electrons. The molecule has 0 heterocycles. The van der Waals surface area contributed by atoms with E-state index >= 15 is 0 Å². The molecule has 4 rings (SSSR count). The monoisotopic (exact) mass is 600 g/mol. The van der Waals surface area contributed by atoms with Gasteiger partial charge in [-0.1, -0.05) is 84.4 Å². The maximum atomic E-state index is 14.7. The van der Waals surface area contributed by atoms with Gasteiger partial charge in [0.2, 0.25) is 0 Å². The van der Waals surface area contributed by atoms with E-state index in [1.165, 1.54) is 19.3 Å². The molecule has 0 aromatic heterocycles. The van der Waals surface area contributed by atoms with Gasteiger partial charge in [-0.2, -0.15) is 0 Å². The number of Topliss-reactive ketones (excluding diaryl/α,β-unsaturated/α-hetero) is 1. The minimum atomic E-state index is -2.28. The third-order valence-electron chi connectivity index (χ3n) is 11.3. The van der Waals surface area contributed by atoms with Crippen LogP contribution in [0.4, 0.5) is 0 Å². The molecule has 0 aromatic rings. The Balaban J connectivity index is 1.67. The number of aliphatic hydroxyl groups is 3. The Morgan fingerprint density at radius 2 is 1.70 bits per heavy atom. The molecular formula is C35H52O8. The summed E-state index contributed by atoms with van der Waals surface area (Å²) in [6.07, 6.45) is 9.86. The zero-order valence-corrected chi connectivity index (χ0v) is 27.1. The summed E-state index contributed by atoms with van der Waals surface area (Å²) in [5, 5.41) is 35.3. The number of unbranched alkanes of at least 4 members (excludes halogenated alkanes) is 6. The summed E-state index contributed by atoms with van der Waals surface area (Å²) >= 11 is 0. The lowest BCUT2D eigenvalue weighted by Crippen LogP contribution is -2.65. The van der Waals surface area contributed by atoms with Gasteiger partial charge in [0.05, 0.1) is 5.41 Å². The highest BCUT2D eigenvalue weighted by atomic mass is 16.6. The second-order valence-electron chi connectivity index (χ2n) is 14.1. The average molecular weight is 601 g/mol. The fraction of sp³-hybridized carbons (Fsp3) is 0.743. The number of fused-ring (bicyclic) bond motifs is 3. The largest absolute Gasteiger partial charge is 0.458 e. The maximum absolute atomic E-state index is 14.7. The van der Waals surface area contributed by atoms with Crippen molar-refractivity contribution < 1.29 is 39.2 Å². The van der Waals surface area contributed by atoms with Gasteiger partial charge in [-0.15, -0.1) is 0 Å². The van der Waals surface area contributed by atoms with Crippen molar-refractivity contribution in [2.45, 2.75) is 130 Å². The normalized spacial score (nSPS) is 37.8. The van der Waals surface area contributed by atoms with Gasteiger partial charge in [-0.25, -0.2) is 4.79 Å². The molecule has 4 aliphatic rings. The molecule has 2 fully saturated rings. The smallest absolute Gasteiger partial charge is 0.333 e. The fourth-order valence-electron chi connectivity index (χ4n) is 8.58. The lowest BCUT2D eigenvalue weighted by molar-refractivity contribution is -0.192. The van der Waals surface area contributed by atoms with E-state index in [1.807, 2.05) is 20.8 Å². The SMILES string of the molecule is C/C=C(\C)C(=O)OCC1=C[C@@H]2C(=O)C3(C=C(C)[C@H](O)[C@@]3(O)[C@@H]1O)C(C)C[C@]1(OC(=O)CCCCCCCCC)[C@H]2C1(C)C. The third kappa shape index (κ3) is 5.15. The van der Waals surface area contributed by atoms with Crippen LogP contribution in [0.25, 0.3) is 0 Å². The van der Waals surface area contributed by atoms with E-state index in [0.717, 1.165) is 25.7 Å². The Morgan fingerprint density at radius 1 is 1.07 bits per heavy atom. The van der Waals surface area contributed by atoms with Crippen molar-refractivity contribution in [3.8, 4) is 0 Å². The van der Waals surface area contributed by atoms with Crippen molar-refractivity contribution in [2.24, 2.45) is 28.6 Å². The predicted molar refractivity (Wildman–Crippen MR) is 163 cm³/mol. The van der Waals surface area contributed by atoms with Crippen LogP contribution in [0.5, 0.6) is 0 Å². The van der Waals surface area contributed by atoms with Crippen LogP contribution in [-0.2, 0) is 23.9 Å². The van der Waals surface area contributed by atoms with E-state index in [9.17, 15) is 29.7 Å². The Kier molecular flexibility index (Phi) is 9.57. The Morgan fingerprint density at radius 3 is 2.33 bits per heavy atom. The number of esters is 2. The number of rotatable bonds is 12. The van der Waals surface area contributed by atoms with Crippen molar-refractivity contribution in [2.75, 3.05) is 6.61 Å². The maximum Gasteiger partial charge on any atom is 0.333 e. The second-order valence-corrected chi connectivity index (χ2v) is 14.1. The molecule has 3 N–H and O–H groups in total. The summed E-state index contributed by atoms with van der Waals surface area (Å²) in [6, 6.07) is 0. The first-order valence-corrected chi connectivity index (χ1v) is 16.2. The number of ether oxygens (including phenoxy) is 2. The van der Waals surface area contributed by atoms with Gasteiger partial charge in [-0.3, -0.25) is 9.59 Å². The zero-order valence-electron chi connectivity index (χ0n) is 27.1. The van der Waals surface area contributed by atoms with Crippen LogP contribution in [-0.4, -0.2) is 63.1 Å². The molecule has 0 radical (unpaired) electrons. The average Bonchev–Trinajstić information content (AvgIpc) is 3.37. The summed E-state index contributed by atoms with van der Waals surface area (Å²) in [7, 11) is 0. The lowest BCUT2D eigenvalue weighted by atomic mass is 9.59. The lowest BCUT2D eigenvalue weighted by Gasteiger charge is -2.48. The third-order valence-corrected chi connectivity index (χ3v) is 11.3. The molecule has 2 bridgehead atoms. The Labute approximate surface area is 256 Å². The minimum absolute atomic E-state index is 0.155. The summed E-state index contributed by atoms with van der Waals surface area (Å²) in [6.45, 7) is 12.6. The molecule has 8 atom stereocenters. The second kappa shape index (κ2) is 12.2. The summed E-state index contributed by atoms with van der Waals surface area (Å²) in [5.41, 5.74) is -4.48. The number of allylic oxidation sites excluding steroid dienone is 2. The molecule has 0 amide bonds. The van der Waals surface area contributed by atoms with Crippen LogP contribution in [0.3, 0.4) is 0 Å². The molecule has 43 heavy (non-hydrogen) atoms. The highest BCUT2D eigenvalue weighted by Gasteiger charge is 2.83. The van der Waals surface area contributed by atoms with Gasteiger partial charge in [0.25, 0.3) is 0 Å². The molecule has 0 saturated heterocycles. The fourth-order valence-corrected chi connectivity index (χ4v) is 8.58. The van der Waals surface area contributed by atoms with E-state index in [1.54, 1.807) is 39.0 Å². The summed E-state index contributed by atoms with van der Waals surface area (Å²) in [5.74, 6) is -3.00. The highest BCUT2D eigenvalue weighted by molar-refractivity contribution is 5.96. The van der Waals surface area contributed by atoms with E-state index in [4.69, 9.17) is 9.47 Å². The van der Waals surface area contributed by atoms with Gasteiger partial charge >= 0.3 is 11.9 Å². The molecule has 2 unspecified atom stereocenters. The van der Waals surface area contributed by atoms with Crippen LogP contribution in [0.15, 0.2) is 34.9 Å². The molecule has 0 aromatic carbocycles. The van der Waals surface area contributed by atoms with Crippen LogP contribution < -0.4 is 0 Å². The van der Waals surface area contributed by atoms with Crippen molar-refractivity contribution >= 4 is 17.7 Å². The zero-order chi connectivity index (χ0) is 32.0. The number of hydrogen-bond donors (Lipinski definition) is 3. The Bertz CT molecular complexity index is 1210. The van der Waals surface area contributed by atoms with Gasteiger partial charge < -0.3 is 24.8 Å². The molecule has 0 aliphatic heterocycles. The first-order valence-electron chi connectivity index (χ1n) is 16.2. The quantitative estimate of drug-likeness (QED) is 0.122. The van der Waals surface area contributed by atoms with Crippen molar-refractivity contribution in [3.63, 3.8) is 0 Å². The Hall–Kier alpha value is -2.29. The predicted octanol–water partition coefficient (Wildman–Crippen LogP) is 5.14. The first-order chi connectivity index (χ1) is 20.2. The van der Waals surface area contributed by atoms with Crippen LogP contribution in [0.2, 0.25) is 0 Å². The topological polar surface area (TPSA) is 130 Å². The van der Waals surface area contributed by atoms with Crippen molar-refractivity contribution in [3.05, 3.63) is 34.9 Å². The van der Waals surface area contributed by atoms with Crippen molar-refractivity contribution in [1.82, 2.24) is 0 Å². The van der Waals surface area contributed by atoms with Gasteiger partial charge in [-0.05, 0) is 50.7 Å².